The third kappa shape index (κ3) is 1.99. The largest absolute Gasteiger partial charge is 0.319 e. The second kappa shape index (κ2) is 4.33. The second-order valence-corrected chi connectivity index (χ2v) is 3.43. The van der Waals surface area contributed by atoms with Crippen molar-refractivity contribution in [1.82, 2.24) is 4.98 Å². The molecule has 1 aromatic heterocycles. The predicted octanol–water partition coefficient (Wildman–Crippen LogP) is 1.78. The van der Waals surface area contributed by atoms with Crippen LogP contribution in [0.15, 0.2) is 24.5 Å². The molecule has 0 saturated heterocycles. The average Bonchev–Trinajstić information content (AvgIpc) is 2.28. The number of nitrogens with zero attached hydrogens (tertiary/aromatic N) is 1. The van der Waals surface area contributed by atoms with Crippen LogP contribution in [0.3, 0.4) is 0 Å². The number of nitrogens with two attached hydrogens (primary N) is 1. The molecule has 1 aromatic rings. The number of aromatic nitrogens is 1. The highest BCUT2D eigenvalue weighted by Gasteiger charge is 2.30. The van der Waals surface area contributed by atoms with Crippen LogP contribution in [0, 0.1) is 0 Å². The Morgan fingerprint density at radius 1 is 1.50 bits per heavy atom. The van der Waals surface area contributed by atoms with E-state index in [0.29, 0.717) is 18.4 Å². The van der Waals surface area contributed by atoms with E-state index < -0.39 is 5.54 Å². The Hall–Kier alpha value is -1.22. The molecule has 0 aromatic carbocycles. The molecule has 14 heavy (non-hydrogen) atoms. The molecule has 0 aliphatic carbocycles. The fraction of sp³-hybridized carbons (Fsp3) is 0.455. The summed E-state index contributed by atoms with van der Waals surface area (Å²) in [6.07, 6.45) is 4.51. The summed E-state index contributed by atoms with van der Waals surface area (Å²) >= 11 is 0. The van der Waals surface area contributed by atoms with Gasteiger partial charge in [0.15, 0.2) is 5.78 Å². The van der Waals surface area contributed by atoms with E-state index >= 15 is 0 Å². The van der Waals surface area contributed by atoms with Crippen LogP contribution in [0.4, 0.5) is 0 Å². The highest BCUT2D eigenvalue weighted by molar-refractivity contribution is 6.02. The van der Waals surface area contributed by atoms with E-state index in [1.807, 2.05) is 13.8 Å². The van der Waals surface area contributed by atoms with Gasteiger partial charge in [-0.25, -0.2) is 0 Å². The molecule has 0 radical (unpaired) electrons. The first-order chi connectivity index (χ1) is 6.64. The van der Waals surface area contributed by atoms with Gasteiger partial charge in [0.05, 0.1) is 5.54 Å². The van der Waals surface area contributed by atoms with Crippen molar-refractivity contribution < 1.29 is 4.79 Å². The van der Waals surface area contributed by atoms with Crippen molar-refractivity contribution in [2.45, 2.75) is 32.2 Å². The lowest BCUT2D eigenvalue weighted by molar-refractivity contribution is 0.0879. The zero-order valence-electron chi connectivity index (χ0n) is 8.66. The number of rotatable bonds is 4. The van der Waals surface area contributed by atoms with Gasteiger partial charge in [-0.15, -0.1) is 0 Å². The van der Waals surface area contributed by atoms with E-state index in [1.165, 1.54) is 0 Å². The molecule has 0 fully saturated rings. The lowest BCUT2D eigenvalue weighted by Crippen LogP contribution is -2.46. The summed E-state index contributed by atoms with van der Waals surface area (Å²) in [6, 6.07) is 3.50. The molecule has 3 heteroatoms. The van der Waals surface area contributed by atoms with Crippen molar-refractivity contribution in [2.24, 2.45) is 5.73 Å². The molecule has 0 atom stereocenters. The Morgan fingerprint density at radius 3 is 2.57 bits per heavy atom. The first-order valence-corrected chi connectivity index (χ1v) is 4.87. The summed E-state index contributed by atoms with van der Waals surface area (Å²) in [5.74, 6) is -0.0180. The Labute approximate surface area is 84.3 Å². The maximum Gasteiger partial charge on any atom is 0.184 e. The van der Waals surface area contributed by atoms with Crippen LogP contribution in [0.25, 0.3) is 0 Å². The summed E-state index contributed by atoms with van der Waals surface area (Å²) in [7, 11) is 0. The lowest BCUT2D eigenvalue weighted by atomic mass is 9.86. The van der Waals surface area contributed by atoms with E-state index in [2.05, 4.69) is 4.98 Å². The van der Waals surface area contributed by atoms with Gasteiger partial charge in [0.2, 0.25) is 0 Å². The average molecular weight is 192 g/mol. The molecule has 0 saturated carbocycles. The van der Waals surface area contributed by atoms with Crippen LogP contribution in [-0.2, 0) is 0 Å². The van der Waals surface area contributed by atoms with Crippen molar-refractivity contribution >= 4 is 5.78 Å². The molecule has 3 nitrogen and oxygen atoms in total. The molecular formula is C11H16N2O. The molecule has 0 aliphatic heterocycles. The molecule has 2 N–H and O–H groups in total. The molecule has 0 bridgehead atoms. The number of hydrogen-bond acceptors (Lipinski definition) is 3. The number of carbonyl (C=O) groups is 1. The Bertz CT molecular complexity index is 304. The molecule has 76 valence electrons. The van der Waals surface area contributed by atoms with Gasteiger partial charge in [-0.2, -0.15) is 0 Å². The minimum Gasteiger partial charge on any atom is -0.319 e. The van der Waals surface area contributed by atoms with Gasteiger partial charge in [0, 0.05) is 18.0 Å². The summed E-state index contributed by atoms with van der Waals surface area (Å²) in [4.78, 5) is 15.9. The van der Waals surface area contributed by atoms with Crippen molar-refractivity contribution in [3.63, 3.8) is 0 Å². The zero-order chi connectivity index (χ0) is 10.6. The summed E-state index contributed by atoms with van der Waals surface area (Å²) in [5, 5.41) is 0. The SMILES string of the molecule is CCC(N)(CC)C(=O)c1cccnc1. The van der Waals surface area contributed by atoms with Crippen LogP contribution in [0.5, 0.6) is 0 Å². The first kappa shape index (κ1) is 10.9. The van der Waals surface area contributed by atoms with Gasteiger partial charge in [-0.05, 0) is 25.0 Å². The normalized spacial score (nSPS) is 11.4. The zero-order valence-corrected chi connectivity index (χ0v) is 8.66. The number of ketones is 1. The molecule has 1 rings (SSSR count). The highest BCUT2D eigenvalue weighted by atomic mass is 16.1. The van der Waals surface area contributed by atoms with Crippen LogP contribution in [-0.4, -0.2) is 16.3 Å². The van der Waals surface area contributed by atoms with Gasteiger partial charge in [-0.1, -0.05) is 13.8 Å². The molecule has 0 unspecified atom stereocenters. The minimum atomic E-state index is -0.733. The van der Waals surface area contributed by atoms with Gasteiger partial charge < -0.3 is 5.73 Å². The van der Waals surface area contributed by atoms with Crippen molar-refractivity contribution in [3.05, 3.63) is 30.1 Å². The Kier molecular flexibility index (Phi) is 3.36. The second-order valence-electron chi connectivity index (χ2n) is 3.43. The standard InChI is InChI=1S/C11H16N2O/c1-3-11(12,4-2)10(14)9-6-5-7-13-8-9/h5-8H,3-4,12H2,1-2H3. The number of carbonyl (C=O) groups excluding carboxylic acids is 1. The third-order valence-corrected chi connectivity index (χ3v) is 2.64. The Morgan fingerprint density at radius 2 is 2.14 bits per heavy atom. The molecule has 0 spiro atoms. The first-order valence-electron chi connectivity index (χ1n) is 4.87. The monoisotopic (exact) mass is 192 g/mol. The quantitative estimate of drug-likeness (QED) is 0.740. The smallest absolute Gasteiger partial charge is 0.184 e. The number of Topliss-reactive ketones (excluding diaryl/α,β-unsaturated/α-hetero) is 1. The van der Waals surface area contributed by atoms with Gasteiger partial charge in [0.25, 0.3) is 0 Å². The molecule has 1 heterocycles. The van der Waals surface area contributed by atoms with E-state index in [-0.39, 0.29) is 5.78 Å². The maximum absolute atomic E-state index is 12.0. The highest BCUT2D eigenvalue weighted by Crippen LogP contribution is 2.17. The maximum atomic E-state index is 12.0. The number of pyridine rings is 1. The third-order valence-electron chi connectivity index (χ3n) is 2.64. The van der Waals surface area contributed by atoms with Crippen LogP contribution >= 0.6 is 0 Å². The number of hydrogen-bond donors (Lipinski definition) is 1. The van der Waals surface area contributed by atoms with E-state index in [0.717, 1.165) is 0 Å². The van der Waals surface area contributed by atoms with E-state index in [9.17, 15) is 4.79 Å². The fourth-order valence-corrected chi connectivity index (χ4v) is 1.36. The van der Waals surface area contributed by atoms with Crippen molar-refractivity contribution in [3.8, 4) is 0 Å². The van der Waals surface area contributed by atoms with Gasteiger partial charge in [-0.3, -0.25) is 9.78 Å². The predicted molar refractivity (Wildman–Crippen MR) is 56.1 cm³/mol. The summed E-state index contributed by atoms with van der Waals surface area (Å²) < 4.78 is 0. The summed E-state index contributed by atoms with van der Waals surface area (Å²) in [5.41, 5.74) is 5.86. The van der Waals surface area contributed by atoms with E-state index in [4.69, 9.17) is 5.73 Å². The molecule has 0 aliphatic rings. The Balaban J connectivity index is 2.95. The van der Waals surface area contributed by atoms with Crippen molar-refractivity contribution in [2.75, 3.05) is 0 Å². The molecular weight excluding hydrogens is 176 g/mol. The van der Waals surface area contributed by atoms with Gasteiger partial charge >= 0.3 is 0 Å². The van der Waals surface area contributed by atoms with Crippen LogP contribution in [0.1, 0.15) is 37.0 Å². The molecule has 0 amide bonds. The van der Waals surface area contributed by atoms with Gasteiger partial charge in [0.1, 0.15) is 0 Å². The lowest BCUT2D eigenvalue weighted by Gasteiger charge is -2.24. The minimum absolute atomic E-state index is 0.0180. The fourth-order valence-electron chi connectivity index (χ4n) is 1.36. The summed E-state index contributed by atoms with van der Waals surface area (Å²) in [6.45, 7) is 3.86. The van der Waals surface area contributed by atoms with E-state index in [1.54, 1.807) is 24.5 Å². The van der Waals surface area contributed by atoms with Crippen LogP contribution in [0.2, 0.25) is 0 Å². The van der Waals surface area contributed by atoms with Crippen LogP contribution < -0.4 is 5.73 Å². The van der Waals surface area contributed by atoms with Crippen molar-refractivity contribution in [1.29, 1.82) is 0 Å². The topological polar surface area (TPSA) is 56.0 Å².